The number of nitrogens with one attached hydrogen (secondary N) is 1. The van der Waals surface area contributed by atoms with Gasteiger partial charge in [-0.3, -0.25) is 0 Å². The molecule has 0 saturated carbocycles. The molecule has 2 heterocycles. The van der Waals surface area contributed by atoms with Gasteiger partial charge >= 0.3 is 6.03 Å². The van der Waals surface area contributed by atoms with Gasteiger partial charge in [-0.05, 0) is 80.4 Å². The van der Waals surface area contributed by atoms with Crippen LogP contribution in [0.4, 0.5) is 19.3 Å². The van der Waals surface area contributed by atoms with Crippen LogP contribution in [0.3, 0.4) is 0 Å². The number of amides is 2. The van der Waals surface area contributed by atoms with E-state index in [2.05, 4.69) is 22.3 Å². The number of anilines is 1. The molecule has 34 heavy (non-hydrogen) atoms. The second-order valence-electron chi connectivity index (χ2n) is 9.30. The molecule has 1 unspecified atom stereocenters. The number of hydrogen-bond acceptors (Lipinski definition) is 4. The fraction of sp³-hybridized carbons (Fsp3) is 0.500. The van der Waals surface area contributed by atoms with Gasteiger partial charge in [0.05, 0.1) is 13.2 Å². The fourth-order valence-corrected chi connectivity index (χ4v) is 5.00. The van der Waals surface area contributed by atoms with Gasteiger partial charge in [-0.15, -0.1) is 0 Å². The van der Waals surface area contributed by atoms with Crippen LogP contribution in [0.25, 0.3) is 0 Å². The predicted molar refractivity (Wildman–Crippen MR) is 127 cm³/mol. The summed E-state index contributed by atoms with van der Waals surface area (Å²) in [7, 11) is 1.67. The number of carbonyl (C=O) groups is 1. The largest absolute Gasteiger partial charge is 0.497 e. The molecule has 6 nitrogen and oxygen atoms in total. The van der Waals surface area contributed by atoms with Gasteiger partial charge in [0, 0.05) is 31.4 Å². The lowest BCUT2D eigenvalue weighted by atomic mass is 9.88. The number of rotatable bonds is 6. The number of methoxy groups -OCH3 is 1. The molecular formula is C26H33F2N3O3. The van der Waals surface area contributed by atoms with Gasteiger partial charge in [-0.1, -0.05) is 12.1 Å². The minimum absolute atomic E-state index is 0.145. The molecule has 2 aliphatic heterocycles. The van der Waals surface area contributed by atoms with E-state index in [-0.39, 0.29) is 17.6 Å². The number of aliphatic hydroxyl groups excluding tert-OH is 1. The maximum Gasteiger partial charge on any atom is 0.321 e. The molecule has 2 fully saturated rings. The summed E-state index contributed by atoms with van der Waals surface area (Å²) in [5.41, 5.74) is 1.57. The standard InChI is InChI=1S/C26H33F2N3O3/c1-34-22-5-2-18(3-6-22)19-8-12-30(13-9-19)17-25(32)20-10-14-31(15-11-20)26(33)29-21-4-7-23(27)24(28)16-21/h2-7,16,19-20,25,32H,8-15,17H2,1H3,(H,29,33). The lowest BCUT2D eigenvalue weighted by molar-refractivity contribution is 0.0315. The molecule has 4 rings (SSSR count). The van der Waals surface area contributed by atoms with Crippen LogP contribution in [0.5, 0.6) is 5.75 Å². The number of benzene rings is 2. The molecule has 1 atom stereocenters. The zero-order valence-corrected chi connectivity index (χ0v) is 19.6. The average molecular weight is 474 g/mol. The fourth-order valence-electron chi connectivity index (χ4n) is 5.00. The first kappa shape index (κ1) is 24.4. The molecular weight excluding hydrogens is 440 g/mol. The van der Waals surface area contributed by atoms with E-state index in [4.69, 9.17) is 4.74 Å². The molecule has 2 N–H and O–H groups in total. The highest BCUT2D eigenvalue weighted by Gasteiger charge is 2.30. The smallest absolute Gasteiger partial charge is 0.321 e. The molecule has 0 radical (unpaired) electrons. The Balaban J connectivity index is 1.19. The maximum atomic E-state index is 13.4. The zero-order chi connectivity index (χ0) is 24.1. The van der Waals surface area contributed by atoms with E-state index in [0.717, 1.165) is 43.8 Å². The van der Waals surface area contributed by atoms with Crippen LogP contribution in [-0.2, 0) is 0 Å². The van der Waals surface area contributed by atoms with Crippen LogP contribution in [0.2, 0.25) is 0 Å². The number of piperidine rings is 2. The summed E-state index contributed by atoms with van der Waals surface area (Å²) < 4.78 is 31.7. The van der Waals surface area contributed by atoms with Crippen molar-refractivity contribution in [3.63, 3.8) is 0 Å². The normalized spacial score (nSPS) is 19.1. The van der Waals surface area contributed by atoms with Crippen molar-refractivity contribution in [1.82, 2.24) is 9.80 Å². The molecule has 0 spiro atoms. The Morgan fingerprint density at radius 2 is 1.71 bits per heavy atom. The molecule has 0 aliphatic carbocycles. The Morgan fingerprint density at radius 3 is 2.32 bits per heavy atom. The van der Waals surface area contributed by atoms with Gasteiger partial charge < -0.3 is 25.0 Å². The van der Waals surface area contributed by atoms with Gasteiger partial charge in [-0.25, -0.2) is 13.6 Å². The lowest BCUT2D eigenvalue weighted by Gasteiger charge is -2.38. The highest BCUT2D eigenvalue weighted by molar-refractivity contribution is 5.89. The van der Waals surface area contributed by atoms with Crippen molar-refractivity contribution >= 4 is 11.7 Å². The molecule has 2 aromatic rings. The Bertz CT molecular complexity index is 956. The topological polar surface area (TPSA) is 65.0 Å². The number of halogens is 2. The number of likely N-dealkylation sites (tertiary alicyclic amines) is 2. The van der Waals surface area contributed by atoms with Crippen LogP contribution in [-0.4, -0.2) is 66.9 Å². The Morgan fingerprint density at radius 1 is 1.03 bits per heavy atom. The van der Waals surface area contributed by atoms with Crippen molar-refractivity contribution in [2.45, 2.75) is 37.7 Å². The number of carbonyl (C=O) groups excluding carboxylic acids is 1. The SMILES string of the molecule is COc1ccc(C2CCN(CC(O)C3CCN(C(=O)Nc4ccc(F)c(F)c4)CC3)CC2)cc1. The number of nitrogens with zero attached hydrogens (tertiary/aromatic N) is 2. The van der Waals surface area contributed by atoms with Gasteiger partial charge in [0.1, 0.15) is 5.75 Å². The number of aliphatic hydroxyl groups is 1. The van der Waals surface area contributed by atoms with Gasteiger partial charge in [0.15, 0.2) is 11.6 Å². The summed E-state index contributed by atoms with van der Waals surface area (Å²) in [4.78, 5) is 16.5. The predicted octanol–water partition coefficient (Wildman–Crippen LogP) is 4.46. The number of ether oxygens (including phenoxy) is 1. The molecule has 2 amide bonds. The molecule has 184 valence electrons. The molecule has 2 aliphatic rings. The Hall–Kier alpha value is -2.71. The Kier molecular flexibility index (Phi) is 8.00. The third-order valence-corrected chi connectivity index (χ3v) is 7.16. The molecule has 0 bridgehead atoms. The minimum Gasteiger partial charge on any atom is -0.497 e. The van der Waals surface area contributed by atoms with Gasteiger partial charge in [-0.2, -0.15) is 0 Å². The first-order valence-electron chi connectivity index (χ1n) is 12.0. The second-order valence-corrected chi connectivity index (χ2v) is 9.30. The quantitative estimate of drug-likeness (QED) is 0.650. The highest BCUT2D eigenvalue weighted by atomic mass is 19.2. The third kappa shape index (κ3) is 6.04. The minimum atomic E-state index is -0.993. The summed E-state index contributed by atoms with van der Waals surface area (Å²) in [5, 5.41) is 13.4. The summed E-state index contributed by atoms with van der Waals surface area (Å²) in [6.07, 6.45) is 3.15. The van der Waals surface area contributed by atoms with Gasteiger partial charge in [0.2, 0.25) is 0 Å². The first-order valence-corrected chi connectivity index (χ1v) is 12.0. The second kappa shape index (κ2) is 11.1. The lowest BCUT2D eigenvalue weighted by Crippen LogP contribution is -2.46. The van der Waals surface area contributed by atoms with E-state index in [9.17, 15) is 18.7 Å². The van der Waals surface area contributed by atoms with E-state index in [1.807, 2.05) is 12.1 Å². The van der Waals surface area contributed by atoms with Crippen LogP contribution >= 0.6 is 0 Å². The van der Waals surface area contributed by atoms with Crippen molar-refractivity contribution in [3.05, 3.63) is 59.7 Å². The molecule has 2 aromatic carbocycles. The Labute approximate surface area is 199 Å². The van der Waals surface area contributed by atoms with Crippen LogP contribution in [0.15, 0.2) is 42.5 Å². The maximum absolute atomic E-state index is 13.4. The molecule has 2 saturated heterocycles. The average Bonchev–Trinajstić information content (AvgIpc) is 2.87. The summed E-state index contributed by atoms with van der Waals surface area (Å²) >= 11 is 0. The van der Waals surface area contributed by atoms with Crippen molar-refractivity contribution in [3.8, 4) is 5.75 Å². The third-order valence-electron chi connectivity index (χ3n) is 7.16. The number of urea groups is 1. The monoisotopic (exact) mass is 473 g/mol. The zero-order valence-electron chi connectivity index (χ0n) is 19.6. The van der Waals surface area contributed by atoms with Gasteiger partial charge in [0.25, 0.3) is 0 Å². The summed E-state index contributed by atoms with van der Waals surface area (Å²) in [6, 6.07) is 11.3. The highest BCUT2D eigenvalue weighted by Crippen LogP contribution is 2.30. The number of β-amino-alcohol motifs (C(OH)–C–C–N with tert-alkyl or cyclic N) is 1. The van der Waals surface area contributed by atoms with Crippen LogP contribution in [0.1, 0.15) is 37.2 Å². The first-order chi connectivity index (χ1) is 16.4. The van der Waals surface area contributed by atoms with Crippen molar-refractivity contribution in [2.24, 2.45) is 5.92 Å². The summed E-state index contributed by atoms with van der Waals surface area (Å²) in [5.74, 6) is -0.384. The van der Waals surface area contributed by atoms with E-state index >= 15 is 0 Å². The van der Waals surface area contributed by atoms with Crippen molar-refractivity contribution in [2.75, 3.05) is 45.2 Å². The van der Waals surface area contributed by atoms with Crippen molar-refractivity contribution in [1.29, 1.82) is 0 Å². The van der Waals surface area contributed by atoms with E-state index in [1.54, 1.807) is 12.0 Å². The van der Waals surface area contributed by atoms with Crippen LogP contribution in [0, 0.1) is 17.6 Å². The van der Waals surface area contributed by atoms with Crippen LogP contribution < -0.4 is 10.1 Å². The molecule has 8 heteroatoms. The van der Waals surface area contributed by atoms with E-state index in [0.29, 0.717) is 38.4 Å². The van der Waals surface area contributed by atoms with E-state index < -0.39 is 17.7 Å². The van der Waals surface area contributed by atoms with E-state index in [1.165, 1.54) is 11.6 Å². The van der Waals surface area contributed by atoms with Crippen molar-refractivity contribution < 1.29 is 23.4 Å². The summed E-state index contributed by atoms with van der Waals surface area (Å²) in [6.45, 7) is 3.63. The number of hydrogen-bond donors (Lipinski definition) is 2. The molecule has 0 aromatic heterocycles.